The minimum absolute atomic E-state index is 0.00537. The second-order valence-corrected chi connectivity index (χ2v) is 6.36. The number of nitrogens with one attached hydrogen (secondary N) is 3. The van der Waals surface area contributed by atoms with Gasteiger partial charge in [-0.1, -0.05) is 15.9 Å². The minimum atomic E-state index is -0.370. The van der Waals surface area contributed by atoms with Crippen LogP contribution < -0.4 is 16.0 Å². The van der Waals surface area contributed by atoms with Gasteiger partial charge in [0.15, 0.2) is 0 Å². The van der Waals surface area contributed by atoms with Crippen LogP contribution in [0.3, 0.4) is 0 Å². The Labute approximate surface area is 129 Å². The van der Waals surface area contributed by atoms with Crippen LogP contribution in [-0.2, 0) is 0 Å². The third-order valence-electron chi connectivity index (χ3n) is 3.99. The molecule has 110 valence electrons. The Bertz CT molecular complexity index is 730. The van der Waals surface area contributed by atoms with Crippen molar-refractivity contribution in [3.05, 3.63) is 28.4 Å². The number of benzene rings is 1. The molecule has 1 aromatic heterocycles. The molecule has 1 amide bonds. The molecule has 0 saturated carbocycles. The summed E-state index contributed by atoms with van der Waals surface area (Å²) in [6.45, 7) is 0.545. The number of halogens is 1. The molecule has 0 spiro atoms. The van der Waals surface area contributed by atoms with E-state index in [9.17, 15) is 9.90 Å². The highest BCUT2D eigenvalue weighted by molar-refractivity contribution is 9.10. The molecule has 2 aliphatic rings. The maximum absolute atomic E-state index is 12.2. The van der Waals surface area contributed by atoms with Gasteiger partial charge in [-0.25, -0.2) is 0 Å². The van der Waals surface area contributed by atoms with Crippen LogP contribution >= 0.6 is 15.9 Å². The van der Waals surface area contributed by atoms with Crippen LogP contribution in [0.5, 0.6) is 0 Å². The molecular weight excluding hydrogens is 338 g/mol. The van der Waals surface area contributed by atoms with Crippen LogP contribution in [0.15, 0.2) is 27.1 Å². The lowest BCUT2D eigenvalue weighted by atomic mass is 10.1. The lowest BCUT2D eigenvalue weighted by molar-refractivity contribution is 0.0899. The predicted molar refractivity (Wildman–Crippen MR) is 81.2 cm³/mol. The number of fused-ring (bicyclic) bond motifs is 3. The second-order valence-electron chi connectivity index (χ2n) is 5.45. The molecule has 0 aliphatic carbocycles. The summed E-state index contributed by atoms with van der Waals surface area (Å²) in [5.74, 6) is 0.0714. The number of furan rings is 1. The van der Waals surface area contributed by atoms with E-state index in [1.807, 2.05) is 18.2 Å². The van der Waals surface area contributed by atoms with Gasteiger partial charge >= 0.3 is 0 Å². The number of β-amino-alcohol motifs (C(OH)–C–C–N with tert-alkyl or cyclic N) is 1. The van der Waals surface area contributed by atoms with Crippen molar-refractivity contribution < 1.29 is 14.3 Å². The van der Waals surface area contributed by atoms with Crippen molar-refractivity contribution in [1.29, 1.82) is 0 Å². The van der Waals surface area contributed by atoms with Crippen molar-refractivity contribution in [2.45, 2.75) is 24.7 Å². The fraction of sp³-hybridized carbons (Fsp3) is 0.357. The summed E-state index contributed by atoms with van der Waals surface area (Å²) in [5, 5.41) is 19.9. The van der Waals surface area contributed by atoms with Gasteiger partial charge in [-0.3, -0.25) is 4.79 Å². The zero-order valence-corrected chi connectivity index (χ0v) is 12.6. The lowest BCUT2D eigenvalue weighted by Crippen LogP contribution is -2.54. The Morgan fingerprint density at radius 1 is 1.33 bits per heavy atom. The minimum Gasteiger partial charge on any atom is -0.449 e. The second kappa shape index (κ2) is 4.72. The molecule has 0 radical (unpaired) electrons. The van der Waals surface area contributed by atoms with Crippen LogP contribution in [0.1, 0.15) is 17.0 Å². The van der Waals surface area contributed by atoms with Gasteiger partial charge in [-0.05, 0) is 24.6 Å². The Morgan fingerprint density at radius 3 is 2.95 bits per heavy atom. The molecule has 21 heavy (non-hydrogen) atoms. The van der Waals surface area contributed by atoms with Gasteiger partial charge in [0.2, 0.25) is 5.76 Å². The largest absolute Gasteiger partial charge is 0.449 e. The summed E-state index contributed by atoms with van der Waals surface area (Å²) >= 11 is 3.43. The van der Waals surface area contributed by atoms with Crippen molar-refractivity contribution in [3.63, 3.8) is 0 Å². The van der Waals surface area contributed by atoms with E-state index in [4.69, 9.17) is 4.42 Å². The molecule has 1 fully saturated rings. The van der Waals surface area contributed by atoms with Crippen molar-refractivity contribution in [2.75, 3.05) is 11.9 Å². The highest BCUT2D eigenvalue weighted by Crippen LogP contribution is 2.35. The molecule has 4 rings (SSSR count). The van der Waals surface area contributed by atoms with E-state index in [-0.39, 0.29) is 24.2 Å². The van der Waals surface area contributed by atoms with E-state index in [1.165, 1.54) is 0 Å². The number of carbonyl (C=O) groups excluding carboxylic acids is 1. The highest BCUT2D eigenvalue weighted by Gasteiger charge is 2.36. The SMILES string of the molecule is O=C1NC([C@@H]2C[C@H](O)CN2)Nc2c1oc1ccc(Br)cc21. The first-order valence-electron chi connectivity index (χ1n) is 6.83. The zero-order chi connectivity index (χ0) is 14.6. The van der Waals surface area contributed by atoms with Gasteiger partial charge in [0, 0.05) is 22.4 Å². The van der Waals surface area contributed by atoms with Gasteiger partial charge in [0.25, 0.3) is 5.91 Å². The molecule has 3 heterocycles. The van der Waals surface area contributed by atoms with Gasteiger partial charge in [0.1, 0.15) is 11.7 Å². The molecule has 1 aromatic carbocycles. The number of aliphatic hydroxyl groups excluding tert-OH is 1. The van der Waals surface area contributed by atoms with E-state index in [1.54, 1.807) is 0 Å². The van der Waals surface area contributed by atoms with E-state index in [0.29, 0.717) is 30.0 Å². The molecule has 4 N–H and O–H groups in total. The number of hydrogen-bond donors (Lipinski definition) is 4. The molecule has 0 bridgehead atoms. The molecule has 2 aromatic rings. The normalized spacial score (nSPS) is 28.3. The average molecular weight is 352 g/mol. The number of carbonyl (C=O) groups is 1. The molecule has 2 aliphatic heterocycles. The van der Waals surface area contributed by atoms with E-state index >= 15 is 0 Å². The summed E-state index contributed by atoms with van der Waals surface area (Å²) in [5.41, 5.74) is 1.38. The first-order valence-corrected chi connectivity index (χ1v) is 7.62. The lowest BCUT2D eigenvalue weighted by Gasteiger charge is -2.29. The zero-order valence-electron chi connectivity index (χ0n) is 11.0. The van der Waals surface area contributed by atoms with Crippen LogP contribution in [0.25, 0.3) is 11.0 Å². The maximum Gasteiger partial charge on any atom is 0.290 e. The summed E-state index contributed by atoms with van der Waals surface area (Å²) in [4.78, 5) is 12.2. The third-order valence-corrected chi connectivity index (χ3v) is 4.48. The third kappa shape index (κ3) is 2.12. The van der Waals surface area contributed by atoms with Crippen molar-refractivity contribution >= 4 is 38.5 Å². The molecule has 1 saturated heterocycles. The molecular formula is C14H14BrN3O3. The van der Waals surface area contributed by atoms with Crippen LogP contribution in [0.4, 0.5) is 5.69 Å². The average Bonchev–Trinajstić information content (AvgIpc) is 3.03. The highest BCUT2D eigenvalue weighted by atomic mass is 79.9. The van der Waals surface area contributed by atoms with Crippen molar-refractivity contribution in [2.24, 2.45) is 0 Å². The van der Waals surface area contributed by atoms with Crippen molar-refractivity contribution in [3.8, 4) is 0 Å². The Hall–Kier alpha value is -1.57. The van der Waals surface area contributed by atoms with Gasteiger partial charge in [0.05, 0.1) is 11.8 Å². The predicted octanol–water partition coefficient (Wildman–Crippen LogP) is 1.40. The monoisotopic (exact) mass is 351 g/mol. The van der Waals surface area contributed by atoms with Crippen LogP contribution in [0, 0.1) is 0 Å². The fourth-order valence-electron chi connectivity index (χ4n) is 2.97. The molecule has 6 nitrogen and oxygen atoms in total. The maximum atomic E-state index is 12.2. The number of hydrogen-bond acceptors (Lipinski definition) is 5. The summed E-state index contributed by atoms with van der Waals surface area (Å²) in [6.07, 6.45) is -0.0282. The Balaban J connectivity index is 1.74. The molecule has 3 atom stereocenters. The number of aliphatic hydroxyl groups is 1. The first-order chi connectivity index (χ1) is 10.1. The quantitative estimate of drug-likeness (QED) is 0.623. The smallest absolute Gasteiger partial charge is 0.290 e. The number of anilines is 1. The van der Waals surface area contributed by atoms with Crippen LogP contribution in [-0.4, -0.2) is 35.9 Å². The summed E-state index contributed by atoms with van der Waals surface area (Å²) in [7, 11) is 0. The van der Waals surface area contributed by atoms with E-state index < -0.39 is 0 Å². The van der Waals surface area contributed by atoms with Gasteiger partial charge < -0.3 is 25.5 Å². The van der Waals surface area contributed by atoms with Crippen LogP contribution in [0.2, 0.25) is 0 Å². The fourth-order valence-corrected chi connectivity index (χ4v) is 3.33. The van der Waals surface area contributed by atoms with Gasteiger partial charge in [-0.15, -0.1) is 0 Å². The van der Waals surface area contributed by atoms with E-state index in [0.717, 1.165) is 9.86 Å². The Morgan fingerprint density at radius 2 is 2.19 bits per heavy atom. The summed E-state index contributed by atoms with van der Waals surface area (Å²) in [6, 6.07) is 5.63. The summed E-state index contributed by atoms with van der Waals surface area (Å²) < 4.78 is 6.55. The van der Waals surface area contributed by atoms with Crippen molar-refractivity contribution in [1.82, 2.24) is 10.6 Å². The first kappa shape index (κ1) is 13.1. The number of amides is 1. The molecule has 1 unspecified atom stereocenters. The van der Waals surface area contributed by atoms with E-state index in [2.05, 4.69) is 31.9 Å². The van der Waals surface area contributed by atoms with Gasteiger partial charge in [-0.2, -0.15) is 0 Å². The standard InChI is InChI=1S/C14H14BrN3O3/c15-6-1-2-10-8(3-6)11-12(21-10)14(20)18-13(17-11)9-4-7(19)5-16-9/h1-3,7,9,13,16-17,19H,4-5H2,(H,18,20)/t7-,9-,13?/m0/s1. The number of rotatable bonds is 1. The molecule has 7 heteroatoms. The topological polar surface area (TPSA) is 86.5 Å². The Kier molecular flexibility index (Phi) is 2.95.